The molecule has 1 rings (SSSR count). The van der Waals surface area contributed by atoms with Crippen LogP contribution in [0.5, 0.6) is 0 Å². The Hall–Kier alpha value is -0.120. The van der Waals surface area contributed by atoms with E-state index in [0.29, 0.717) is 0 Å². The molecular formula is C7H16N2O. The molecule has 0 saturated heterocycles. The minimum absolute atomic E-state index is 0.189. The monoisotopic (exact) mass is 144 g/mol. The van der Waals surface area contributed by atoms with E-state index >= 15 is 0 Å². The van der Waals surface area contributed by atoms with Gasteiger partial charge in [0.25, 0.3) is 0 Å². The number of aliphatic hydroxyl groups is 1. The minimum atomic E-state index is -0.205. The van der Waals surface area contributed by atoms with E-state index in [0.717, 1.165) is 19.3 Å². The van der Waals surface area contributed by atoms with Crippen molar-refractivity contribution in [2.75, 3.05) is 7.05 Å². The van der Waals surface area contributed by atoms with Gasteiger partial charge in [-0.1, -0.05) is 12.8 Å². The van der Waals surface area contributed by atoms with Crippen molar-refractivity contribution < 1.29 is 5.11 Å². The molecule has 0 unspecified atom stereocenters. The summed E-state index contributed by atoms with van der Waals surface area (Å²) in [6.45, 7) is 0. The molecule has 1 aliphatic carbocycles. The lowest BCUT2D eigenvalue weighted by atomic mass is 9.92. The molecule has 60 valence electrons. The summed E-state index contributed by atoms with van der Waals surface area (Å²) in [6.07, 6.45) is 4.08. The number of hydrogen-bond acceptors (Lipinski definition) is 3. The Kier molecular flexibility index (Phi) is 2.65. The molecule has 0 bridgehead atoms. The Morgan fingerprint density at radius 3 is 2.40 bits per heavy atom. The number of nitrogens with two attached hydrogens (primary N) is 1. The highest BCUT2D eigenvalue weighted by molar-refractivity contribution is 4.78. The SMILES string of the molecule is CN(N)[C@H]1CCCC[C@@H]1O. The molecule has 0 aromatic rings. The topological polar surface area (TPSA) is 49.5 Å². The Balaban J connectivity index is 2.40. The van der Waals surface area contributed by atoms with Crippen LogP contribution in [-0.4, -0.2) is 29.3 Å². The Bertz CT molecular complexity index is 106. The molecule has 10 heavy (non-hydrogen) atoms. The molecule has 0 aromatic carbocycles. The van der Waals surface area contributed by atoms with E-state index in [1.165, 1.54) is 6.42 Å². The fourth-order valence-corrected chi connectivity index (χ4v) is 1.57. The summed E-state index contributed by atoms with van der Waals surface area (Å²) in [4.78, 5) is 0. The number of hydrogen-bond donors (Lipinski definition) is 2. The van der Waals surface area contributed by atoms with E-state index in [-0.39, 0.29) is 12.1 Å². The predicted octanol–water partition coefficient (Wildman–Crippen LogP) is 0.0954. The first kappa shape index (κ1) is 7.98. The van der Waals surface area contributed by atoms with Crippen molar-refractivity contribution in [3.63, 3.8) is 0 Å². The van der Waals surface area contributed by atoms with Gasteiger partial charge in [-0.3, -0.25) is 5.84 Å². The van der Waals surface area contributed by atoms with Gasteiger partial charge in [-0.15, -0.1) is 0 Å². The number of likely N-dealkylation sites (N-methyl/N-ethyl adjacent to an activating group) is 1. The van der Waals surface area contributed by atoms with Crippen LogP contribution in [-0.2, 0) is 0 Å². The molecule has 1 fully saturated rings. The number of rotatable bonds is 1. The fourth-order valence-electron chi connectivity index (χ4n) is 1.57. The largest absolute Gasteiger partial charge is 0.391 e. The van der Waals surface area contributed by atoms with Gasteiger partial charge in [-0.25, -0.2) is 5.01 Å². The fraction of sp³-hybridized carbons (Fsp3) is 1.00. The highest BCUT2D eigenvalue weighted by atomic mass is 16.3. The Morgan fingerprint density at radius 1 is 1.40 bits per heavy atom. The first-order valence-corrected chi connectivity index (χ1v) is 3.87. The molecular weight excluding hydrogens is 128 g/mol. The van der Waals surface area contributed by atoms with Gasteiger partial charge in [0, 0.05) is 13.1 Å². The third-order valence-corrected chi connectivity index (χ3v) is 2.22. The highest BCUT2D eigenvalue weighted by Crippen LogP contribution is 2.20. The molecule has 3 N–H and O–H groups in total. The molecule has 1 saturated carbocycles. The normalized spacial score (nSPS) is 34.8. The molecule has 2 atom stereocenters. The van der Waals surface area contributed by atoms with E-state index in [9.17, 15) is 5.11 Å². The number of nitrogens with zero attached hydrogens (tertiary/aromatic N) is 1. The van der Waals surface area contributed by atoms with Gasteiger partial charge in [0.2, 0.25) is 0 Å². The highest BCUT2D eigenvalue weighted by Gasteiger charge is 2.24. The van der Waals surface area contributed by atoms with E-state index in [1.54, 1.807) is 5.01 Å². The van der Waals surface area contributed by atoms with Crippen molar-refractivity contribution >= 4 is 0 Å². The molecule has 0 amide bonds. The molecule has 0 heterocycles. The van der Waals surface area contributed by atoms with Crippen LogP contribution in [0.2, 0.25) is 0 Å². The second kappa shape index (κ2) is 3.32. The molecule has 0 radical (unpaired) electrons. The maximum atomic E-state index is 9.42. The van der Waals surface area contributed by atoms with Crippen LogP contribution >= 0.6 is 0 Å². The van der Waals surface area contributed by atoms with Gasteiger partial charge in [0.1, 0.15) is 0 Å². The van der Waals surface area contributed by atoms with Crippen LogP contribution in [0, 0.1) is 0 Å². The number of hydrazine groups is 1. The van der Waals surface area contributed by atoms with Crippen LogP contribution < -0.4 is 5.84 Å². The van der Waals surface area contributed by atoms with Crippen molar-refractivity contribution in [2.45, 2.75) is 37.8 Å². The van der Waals surface area contributed by atoms with Crippen LogP contribution in [0.15, 0.2) is 0 Å². The zero-order chi connectivity index (χ0) is 7.56. The van der Waals surface area contributed by atoms with Crippen molar-refractivity contribution in [1.29, 1.82) is 0 Å². The average Bonchev–Trinajstić information content (AvgIpc) is 1.88. The summed E-state index contributed by atoms with van der Waals surface area (Å²) < 4.78 is 0. The minimum Gasteiger partial charge on any atom is -0.391 e. The van der Waals surface area contributed by atoms with Gasteiger partial charge in [0.05, 0.1) is 6.10 Å². The maximum Gasteiger partial charge on any atom is 0.0709 e. The predicted molar refractivity (Wildman–Crippen MR) is 40.2 cm³/mol. The molecule has 3 heteroatoms. The lowest BCUT2D eigenvalue weighted by Gasteiger charge is -2.32. The van der Waals surface area contributed by atoms with Crippen molar-refractivity contribution in [1.82, 2.24) is 5.01 Å². The van der Waals surface area contributed by atoms with Gasteiger partial charge < -0.3 is 5.11 Å². The summed E-state index contributed by atoms with van der Waals surface area (Å²) in [5.74, 6) is 5.53. The maximum absolute atomic E-state index is 9.42. The van der Waals surface area contributed by atoms with Crippen molar-refractivity contribution in [3.05, 3.63) is 0 Å². The van der Waals surface area contributed by atoms with E-state index in [4.69, 9.17) is 5.84 Å². The second-order valence-electron chi connectivity index (χ2n) is 3.08. The Labute approximate surface area is 61.8 Å². The van der Waals surface area contributed by atoms with E-state index < -0.39 is 0 Å². The first-order chi connectivity index (χ1) is 4.72. The smallest absolute Gasteiger partial charge is 0.0709 e. The third-order valence-electron chi connectivity index (χ3n) is 2.22. The van der Waals surface area contributed by atoms with Gasteiger partial charge >= 0.3 is 0 Å². The lowest BCUT2D eigenvalue weighted by molar-refractivity contribution is 0.0321. The zero-order valence-electron chi connectivity index (χ0n) is 6.45. The van der Waals surface area contributed by atoms with E-state index in [2.05, 4.69) is 0 Å². The number of aliphatic hydroxyl groups excluding tert-OH is 1. The molecule has 1 aliphatic rings. The molecule has 3 nitrogen and oxygen atoms in total. The second-order valence-corrected chi connectivity index (χ2v) is 3.08. The van der Waals surface area contributed by atoms with Gasteiger partial charge in [0.15, 0.2) is 0 Å². The van der Waals surface area contributed by atoms with Crippen molar-refractivity contribution in [3.8, 4) is 0 Å². The zero-order valence-corrected chi connectivity index (χ0v) is 6.45. The molecule has 0 aromatic heterocycles. The Morgan fingerprint density at radius 2 is 2.00 bits per heavy atom. The van der Waals surface area contributed by atoms with Crippen LogP contribution in [0.4, 0.5) is 0 Å². The van der Waals surface area contributed by atoms with E-state index in [1.807, 2.05) is 7.05 Å². The summed E-state index contributed by atoms with van der Waals surface area (Å²) in [5.41, 5.74) is 0. The summed E-state index contributed by atoms with van der Waals surface area (Å²) in [5, 5.41) is 11.0. The molecule has 0 aliphatic heterocycles. The summed E-state index contributed by atoms with van der Waals surface area (Å²) >= 11 is 0. The summed E-state index contributed by atoms with van der Waals surface area (Å²) in [7, 11) is 1.82. The standard InChI is InChI=1S/C7H16N2O/c1-9(8)6-4-2-3-5-7(6)10/h6-7,10H,2-5,8H2,1H3/t6-,7-/m0/s1. The first-order valence-electron chi connectivity index (χ1n) is 3.87. The van der Waals surface area contributed by atoms with Gasteiger partial charge in [-0.05, 0) is 12.8 Å². The molecule has 0 spiro atoms. The lowest BCUT2D eigenvalue weighted by Crippen LogP contribution is -2.46. The quantitative estimate of drug-likeness (QED) is 0.405. The van der Waals surface area contributed by atoms with Crippen LogP contribution in [0.1, 0.15) is 25.7 Å². The van der Waals surface area contributed by atoms with Crippen LogP contribution in [0.3, 0.4) is 0 Å². The average molecular weight is 144 g/mol. The van der Waals surface area contributed by atoms with Crippen LogP contribution in [0.25, 0.3) is 0 Å². The van der Waals surface area contributed by atoms with Gasteiger partial charge in [-0.2, -0.15) is 0 Å². The van der Waals surface area contributed by atoms with Crippen molar-refractivity contribution in [2.24, 2.45) is 5.84 Å². The third kappa shape index (κ3) is 1.68. The summed E-state index contributed by atoms with van der Waals surface area (Å²) in [6, 6.07) is 0.189.